The molecule has 41 heavy (non-hydrogen) atoms. The number of fused-ring (bicyclic) bond motifs is 1. The fourth-order valence-electron chi connectivity index (χ4n) is 5.83. The molecule has 2 unspecified atom stereocenters. The number of aliphatic hydroxyl groups is 1. The second-order valence-corrected chi connectivity index (χ2v) is 10.7. The van der Waals surface area contributed by atoms with E-state index < -0.39 is 36.2 Å². The Morgan fingerprint density at radius 3 is 2.59 bits per heavy atom. The maximum atomic E-state index is 14.6. The van der Waals surface area contributed by atoms with Gasteiger partial charge in [0.15, 0.2) is 0 Å². The van der Waals surface area contributed by atoms with Crippen LogP contribution in [-0.4, -0.2) is 54.1 Å². The molecule has 2 aromatic carbocycles. The number of aryl methyl sites for hydroxylation is 2. The van der Waals surface area contributed by atoms with Crippen LogP contribution >= 0.6 is 0 Å². The van der Waals surface area contributed by atoms with Crippen LogP contribution in [0.3, 0.4) is 0 Å². The Labute approximate surface area is 235 Å². The highest BCUT2D eigenvalue weighted by Crippen LogP contribution is 2.58. The van der Waals surface area contributed by atoms with Crippen molar-refractivity contribution in [3.05, 3.63) is 76.9 Å². The summed E-state index contributed by atoms with van der Waals surface area (Å²) in [6.07, 6.45) is -3.82. The SMILES string of the molecule is COc1cc(C(C=NC2C[C@@]23CCc2c(F)cccc2N(CC(F)(F)F)C3O)=NN)ccc1-c1cc(C)nc(C)c1. The van der Waals surface area contributed by atoms with E-state index in [9.17, 15) is 22.7 Å². The van der Waals surface area contributed by atoms with E-state index >= 15 is 0 Å². The first-order chi connectivity index (χ1) is 19.5. The van der Waals surface area contributed by atoms with Crippen molar-refractivity contribution < 1.29 is 27.4 Å². The van der Waals surface area contributed by atoms with Crippen LogP contribution in [0, 0.1) is 25.1 Å². The average molecular weight is 570 g/mol. The van der Waals surface area contributed by atoms with Crippen LogP contribution in [0.5, 0.6) is 5.75 Å². The van der Waals surface area contributed by atoms with Gasteiger partial charge < -0.3 is 20.6 Å². The molecule has 0 saturated heterocycles. The molecule has 1 spiro atoms. The zero-order chi connectivity index (χ0) is 29.5. The monoisotopic (exact) mass is 569 g/mol. The van der Waals surface area contributed by atoms with E-state index in [4.69, 9.17) is 10.6 Å². The normalized spacial score (nSPS) is 22.6. The van der Waals surface area contributed by atoms with Crippen molar-refractivity contribution >= 4 is 17.6 Å². The number of benzene rings is 2. The molecular weight excluding hydrogens is 538 g/mol. The number of aliphatic imine (C=N–C) groups is 1. The Morgan fingerprint density at radius 2 is 1.93 bits per heavy atom. The number of hydrogen-bond acceptors (Lipinski definition) is 7. The van der Waals surface area contributed by atoms with Gasteiger partial charge in [-0.15, -0.1) is 0 Å². The fourth-order valence-corrected chi connectivity index (χ4v) is 5.83. The predicted octanol–water partition coefficient (Wildman–Crippen LogP) is 5.34. The molecule has 2 heterocycles. The first-order valence-electron chi connectivity index (χ1n) is 13.2. The molecule has 11 heteroatoms. The van der Waals surface area contributed by atoms with Gasteiger partial charge in [0.25, 0.3) is 0 Å². The highest BCUT2D eigenvalue weighted by molar-refractivity contribution is 6.38. The van der Waals surface area contributed by atoms with Gasteiger partial charge in [-0.2, -0.15) is 18.3 Å². The molecule has 1 aliphatic heterocycles. The van der Waals surface area contributed by atoms with Gasteiger partial charge in [-0.25, -0.2) is 4.39 Å². The highest BCUT2D eigenvalue weighted by Gasteiger charge is 2.62. The third kappa shape index (κ3) is 5.63. The van der Waals surface area contributed by atoms with E-state index in [0.29, 0.717) is 23.4 Å². The van der Waals surface area contributed by atoms with Gasteiger partial charge in [-0.05, 0) is 75.1 Å². The molecule has 0 amide bonds. The Hall–Kier alpha value is -3.99. The third-order valence-electron chi connectivity index (χ3n) is 7.89. The smallest absolute Gasteiger partial charge is 0.406 e. The summed E-state index contributed by atoms with van der Waals surface area (Å²) < 4.78 is 60.8. The molecule has 1 aliphatic carbocycles. The number of hydrazone groups is 1. The molecule has 1 saturated carbocycles. The van der Waals surface area contributed by atoms with Crippen LogP contribution in [0.25, 0.3) is 11.1 Å². The molecule has 2 aliphatic rings. The Balaban J connectivity index is 1.40. The van der Waals surface area contributed by atoms with Crippen molar-refractivity contribution in [2.24, 2.45) is 21.4 Å². The molecule has 7 nitrogen and oxygen atoms in total. The fraction of sp³-hybridized carbons (Fsp3) is 0.367. The summed E-state index contributed by atoms with van der Waals surface area (Å²) in [6.45, 7) is 2.43. The third-order valence-corrected chi connectivity index (χ3v) is 7.89. The van der Waals surface area contributed by atoms with E-state index in [0.717, 1.165) is 27.4 Å². The van der Waals surface area contributed by atoms with Crippen LogP contribution in [0.2, 0.25) is 0 Å². The zero-order valence-corrected chi connectivity index (χ0v) is 22.9. The molecule has 0 radical (unpaired) electrons. The number of aliphatic hydroxyl groups excluding tert-OH is 1. The lowest BCUT2D eigenvalue weighted by molar-refractivity contribution is -0.125. The highest BCUT2D eigenvalue weighted by atomic mass is 19.4. The molecule has 3 atom stereocenters. The van der Waals surface area contributed by atoms with Crippen LogP contribution in [0.4, 0.5) is 23.2 Å². The molecular formula is C30H31F4N5O2. The minimum absolute atomic E-state index is 0.0531. The largest absolute Gasteiger partial charge is 0.496 e. The lowest BCUT2D eigenvalue weighted by Crippen LogP contribution is -2.47. The number of aromatic nitrogens is 1. The molecule has 3 aromatic rings. The second kappa shape index (κ2) is 10.8. The van der Waals surface area contributed by atoms with Gasteiger partial charge >= 0.3 is 6.18 Å². The van der Waals surface area contributed by atoms with E-state index in [-0.39, 0.29) is 24.1 Å². The maximum absolute atomic E-state index is 14.6. The van der Waals surface area contributed by atoms with E-state index in [1.165, 1.54) is 24.4 Å². The number of rotatable bonds is 6. The summed E-state index contributed by atoms with van der Waals surface area (Å²) in [5.41, 5.74) is 3.77. The lowest BCUT2D eigenvalue weighted by atomic mass is 9.95. The zero-order valence-electron chi connectivity index (χ0n) is 22.9. The van der Waals surface area contributed by atoms with Gasteiger partial charge in [0, 0.05) is 45.4 Å². The first-order valence-corrected chi connectivity index (χ1v) is 13.2. The number of ether oxygens (including phenoxy) is 1. The summed E-state index contributed by atoms with van der Waals surface area (Å²) in [5, 5.41) is 15.1. The number of nitrogens with two attached hydrogens (primary N) is 1. The van der Waals surface area contributed by atoms with Crippen molar-refractivity contribution in [2.45, 2.75) is 51.6 Å². The number of hydrogen-bond donors (Lipinski definition) is 2. The standard InChI is InChI=1S/C30H31F4N5O2/c1-17-11-20(12-18(2)37-17)21-8-7-19(13-26(21)41-3)24(38-35)15-36-27-14-29(27)10-9-22-23(31)5-4-6-25(22)39(28(29)40)16-30(32,33)34/h4-8,11-13,15,27-28,40H,9-10,14,16,35H2,1-3H3/t27?,28?,29-/m0/s1. The number of anilines is 1. The molecule has 0 bridgehead atoms. The molecule has 1 fully saturated rings. The lowest BCUT2D eigenvalue weighted by Gasteiger charge is -2.34. The van der Waals surface area contributed by atoms with Gasteiger partial charge in [-0.1, -0.05) is 12.1 Å². The summed E-state index contributed by atoms with van der Waals surface area (Å²) in [5.74, 6) is 5.70. The van der Waals surface area contributed by atoms with Crippen LogP contribution in [0.1, 0.15) is 35.4 Å². The van der Waals surface area contributed by atoms with Crippen molar-refractivity contribution in [1.82, 2.24) is 4.98 Å². The minimum Gasteiger partial charge on any atom is -0.496 e. The second-order valence-electron chi connectivity index (χ2n) is 10.7. The summed E-state index contributed by atoms with van der Waals surface area (Å²) >= 11 is 0. The minimum atomic E-state index is -4.60. The van der Waals surface area contributed by atoms with E-state index in [1.54, 1.807) is 13.2 Å². The van der Waals surface area contributed by atoms with E-state index in [1.807, 2.05) is 38.1 Å². The number of alkyl halides is 3. The van der Waals surface area contributed by atoms with Gasteiger partial charge in [0.05, 0.1) is 13.2 Å². The molecule has 5 rings (SSSR count). The predicted molar refractivity (Wildman–Crippen MR) is 150 cm³/mol. The first kappa shape index (κ1) is 28.5. The van der Waals surface area contributed by atoms with E-state index in [2.05, 4.69) is 15.1 Å². The van der Waals surface area contributed by atoms with Gasteiger partial charge in [0.1, 0.15) is 30.1 Å². The summed E-state index contributed by atoms with van der Waals surface area (Å²) in [4.78, 5) is 9.85. The van der Waals surface area contributed by atoms with Crippen LogP contribution in [0.15, 0.2) is 58.6 Å². The van der Waals surface area contributed by atoms with Crippen LogP contribution < -0.4 is 15.5 Å². The van der Waals surface area contributed by atoms with Crippen LogP contribution in [-0.2, 0) is 6.42 Å². The molecule has 216 valence electrons. The average Bonchev–Trinajstić information content (AvgIpc) is 3.65. The van der Waals surface area contributed by atoms with Crippen molar-refractivity contribution in [3.63, 3.8) is 0 Å². The number of methoxy groups -OCH3 is 1. The van der Waals surface area contributed by atoms with Crippen molar-refractivity contribution in [1.29, 1.82) is 0 Å². The number of halogens is 4. The number of pyridine rings is 1. The van der Waals surface area contributed by atoms with Gasteiger partial charge in [-0.3, -0.25) is 9.98 Å². The van der Waals surface area contributed by atoms with Crippen molar-refractivity contribution in [2.75, 3.05) is 18.6 Å². The summed E-state index contributed by atoms with van der Waals surface area (Å²) in [6, 6.07) is 12.9. The quantitative estimate of drug-likeness (QED) is 0.181. The Kier molecular flexibility index (Phi) is 7.50. The molecule has 1 aromatic heterocycles. The van der Waals surface area contributed by atoms with Crippen molar-refractivity contribution in [3.8, 4) is 16.9 Å². The topological polar surface area (TPSA) is 96.3 Å². The summed E-state index contributed by atoms with van der Waals surface area (Å²) in [7, 11) is 1.56. The Bertz CT molecular complexity index is 1500. The molecule has 3 N–H and O–H groups in total. The maximum Gasteiger partial charge on any atom is 0.406 e. The van der Waals surface area contributed by atoms with Gasteiger partial charge in [0.2, 0.25) is 0 Å². The Morgan fingerprint density at radius 1 is 1.20 bits per heavy atom. The number of nitrogens with zero attached hydrogens (tertiary/aromatic N) is 4.